The number of aryl methyl sites for hydroxylation is 1. The first kappa shape index (κ1) is 13.7. The predicted molar refractivity (Wildman–Crippen MR) is 86.3 cm³/mol. The Hall–Kier alpha value is -1.22. The number of benzene rings is 1. The van der Waals surface area contributed by atoms with E-state index >= 15 is 0 Å². The van der Waals surface area contributed by atoms with E-state index < -0.39 is 0 Å². The Bertz CT molecular complexity index is 444. The van der Waals surface area contributed by atoms with Crippen LogP contribution in [0.1, 0.15) is 37.7 Å². The molecule has 2 aliphatic rings. The van der Waals surface area contributed by atoms with Gasteiger partial charge in [-0.2, -0.15) is 0 Å². The third-order valence-corrected chi connectivity index (χ3v) is 4.95. The number of nitrogens with two attached hydrogens (primary N) is 1. The molecule has 1 aromatic rings. The van der Waals surface area contributed by atoms with Crippen molar-refractivity contribution in [2.24, 2.45) is 0 Å². The van der Waals surface area contributed by atoms with Crippen molar-refractivity contribution in [3.8, 4) is 0 Å². The molecule has 20 heavy (non-hydrogen) atoms. The van der Waals surface area contributed by atoms with Crippen LogP contribution >= 0.6 is 0 Å². The summed E-state index contributed by atoms with van der Waals surface area (Å²) in [5.74, 6) is 0. The number of hydrogen-bond donors (Lipinski definition) is 1. The number of nitrogens with zero attached hydrogens (tertiary/aromatic N) is 2. The van der Waals surface area contributed by atoms with Gasteiger partial charge in [0.25, 0.3) is 0 Å². The van der Waals surface area contributed by atoms with Crippen LogP contribution in [0.25, 0.3) is 0 Å². The van der Waals surface area contributed by atoms with E-state index in [9.17, 15) is 0 Å². The lowest BCUT2D eigenvalue weighted by Gasteiger charge is -2.41. The average molecular weight is 273 g/mol. The Morgan fingerprint density at radius 3 is 2.40 bits per heavy atom. The van der Waals surface area contributed by atoms with Gasteiger partial charge in [0.05, 0.1) is 0 Å². The normalized spacial score (nSPS) is 22.1. The van der Waals surface area contributed by atoms with Crippen LogP contribution in [0, 0.1) is 6.92 Å². The van der Waals surface area contributed by atoms with Crippen molar-refractivity contribution >= 4 is 11.4 Å². The molecule has 0 aromatic heterocycles. The van der Waals surface area contributed by atoms with Crippen molar-refractivity contribution in [1.82, 2.24) is 4.90 Å². The molecule has 0 saturated carbocycles. The van der Waals surface area contributed by atoms with E-state index in [1.807, 2.05) is 6.07 Å². The molecule has 0 bridgehead atoms. The second kappa shape index (κ2) is 6.04. The summed E-state index contributed by atoms with van der Waals surface area (Å²) >= 11 is 0. The molecule has 2 saturated heterocycles. The second-order valence-electron chi connectivity index (χ2n) is 6.36. The van der Waals surface area contributed by atoms with Crippen molar-refractivity contribution in [3.63, 3.8) is 0 Å². The van der Waals surface area contributed by atoms with Crippen LogP contribution in [-0.2, 0) is 0 Å². The minimum atomic E-state index is 0.813. The van der Waals surface area contributed by atoms with Crippen LogP contribution in [0.5, 0.6) is 0 Å². The Kier molecular flexibility index (Phi) is 4.16. The molecule has 0 amide bonds. The fraction of sp³-hybridized carbons (Fsp3) is 0.647. The maximum Gasteiger partial charge on any atom is 0.0416 e. The molecule has 3 nitrogen and oxygen atoms in total. The summed E-state index contributed by atoms with van der Waals surface area (Å²) in [5.41, 5.74) is 9.50. The lowest BCUT2D eigenvalue weighted by molar-refractivity contribution is 0.141. The first-order valence-electron chi connectivity index (χ1n) is 8.09. The number of hydrogen-bond acceptors (Lipinski definition) is 3. The van der Waals surface area contributed by atoms with Gasteiger partial charge in [0.1, 0.15) is 0 Å². The number of likely N-dealkylation sites (tertiary alicyclic amines) is 1. The zero-order valence-electron chi connectivity index (χ0n) is 12.6. The van der Waals surface area contributed by atoms with E-state index in [0.29, 0.717) is 0 Å². The fourth-order valence-electron chi connectivity index (χ4n) is 3.72. The van der Waals surface area contributed by atoms with Gasteiger partial charge in [0.2, 0.25) is 0 Å². The summed E-state index contributed by atoms with van der Waals surface area (Å²) in [4.78, 5) is 5.25. The van der Waals surface area contributed by atoms with Crippen molar-refractivity contribution in [3.05, 3.63) is 23.8 Å². The molecule has 2 aliphatic heterocycles. The number of piperidine rings is 2. The highest BCUT2D eigenvalue weighted by atomic mass is 15.2. The number of nitrogen functional groups attached to an aromatic ring is 1. The molecule has 0 radical (unpaired) electrons. The van der Waals surface area contributed by atoms with Gasteiger partial charge in [-0.1, -0.05) is 12.5 Å². The van der Waals surface area contributed by atoms with Gasteiger partial charge < -0.3 is 15.5 Å². The maximum absolute atomic E-state index is 5.94. The van der Waals surface area contributed by atoms with Crippen molar-refractivity contribution < 1.29 is 0 Å². The number of anilines is 2. The highest BCUT2D eigenvalue weighted by molar-refractivity contribution is 5.61. The molecular weight excluding hydrogens is 246 g/mol. The van der Waals surface area contributed by atoms with Crippen molar-refractivity contribution in [2.75, 3.05) is 36.8 Å². The standard InChI is InChI=1S/C17H27N3/c1-14-5-6-15(18)13-17(14)20-11-7-16(8-12-20)19-9-3-2-4-10-19/h5-6,13,16H,2-4,7-12,18H2,1H3. The molecule has 0 unspecified atom stereocenters. The molecule has 1 aromatic carbocycles. The van der Waals surface area contributed by atoms with Gasteiger partial charge in [-0.15, -0.1) is 0 Å². The van der Waals surface area contributed by atoms with E-state index in [1.165, 1.54) is 69.5 Å². The lowest BCUT2D eigenvalue weighted by atomic mass is 9.99. The summed E-state index contributed by atoms with van der Waals surface area (Å²) in [6.45, 7) is 7.17. The molecule has 2 N–H and O–H groups in total. The highest BCUT2D eigenvalue weighted by Gasteiger charge is 2.26. The lowest BCUT2D eigenvalue weighted by Crippen LogP contribution is -2.46. The van der Waals surface area contributed by atoms with Gasteiger partial charge in [0.15, 0.2) is 0 Å². The SMILES string of the molecule is Cc1ccc(N)cc1N1CCC(N2CCCCC2)CC1. The van der Waals surface area contributed by atoms with Gasteiger partial charge in [-0.05, 0) is 63.4 Å². The summed E-state index contributed by atoms with van der Waals surface area (Å²) in [6.07, 6.45) is 6.82. The molecular formula is C17H27N3. The van der Waals surface area contributed by atoms with Crippen molar-refractivity contribution in [2.45, 2.75) is 45.1 Å². The van der Waals surface area contributed by atoms with E-state index in [0.717, 1.165) is 11.7 Å². The Morgan fingerprint density at radius 2 is 1.70 bits per heavy atom. The van der Waals surface area contributed by atoms with Crippen LogP contribution in [0.15, 0.2) is 18.2 Å². The minimum absolute atomic E-state index is 0.813. The Labute approximate surface area is 122 Å². The molecule has 0 atom stereocenters. The second-order valence-corrected chi connectivity index (χ2v) is 6.36. The topological polar surface area (TPSA) is 32.5 Å². The molecule has 3 rings (SSSR count). The minimum Gasteiger partial charge on any atom is -0.399 e. The van der Waals surface area contributed by atoms with E-state index in [-0.39, 0.29) is 0 Å². The summed E-state index contributed by atoms with van der Waals surface area (Å²) in [5, 5.41) is 0. The smallest absolute Gasteiger partial charge is 0.0416 e. The van der Waals surface area contributed by atoms with Gasteiger partial charge in [-0.3, -0.25) is 0 Å². The molecule has 110 valence electrons. The number of rotatable bonds is 2. The fourth-order valence-corrected chi connectivity index (χ4v) is 3.72. The first-order valence-corrected chi connectivity index (χ1v) is 8.09. The Balaban J connectivity index is 1.61. The largest absolute Gasteiger partial charge is 0.399 e. The van der Waals surface area contributed by atoms with Gasteiger partial charge in [-0.25, -0.2) is 0 Å². The van der Waals surface area contributed by atoms with E-state index in [4.69, 9.17) is 5.73 Å². The molecule has 3 heteroatoms. The van der Waals surface area contributed by atoms with Crippen LogP contribution in [-0.4, -0.2) is 37.1 Å². The predicted octanol–water partition coefficient (Wildman–Crippen LogP) is 3.03. The van der Waals surface area contributed by atoms with Crippen LogP contribution in [0.3, 0.4) is 0 Å². The molecule has 0 spiro atoms. The van der Waals surface area contributed by atoms with E-state index in [2.05, 4.69) is 28.9 Å². The highest BCUT2D eigenvalue weighted by Crippen LogP contribution is 2.28. The maximum atomic E-state index is 5.94. The van der Waals surface area contributed by atoms with Gasteiger partial charge in [0, 0.05) is 30.5 Å². The zero-order valence-corrected chi connectivity index (χ0v) is 12.6. The summed E-state index contributed by atoms with van der Waals surface area (Å²) in [7, 11) is 0. The van der Waals surface area contributed by atoms with Crippen LogP contribution in [0.4, 0.5) is 11.4 Å². The third kappa shape index (κ3) is 2.93. The van der Waals surface area contributed by atoms with E-state index in [1.54, 1.807) is 0 Å². The molecule has 0 aliphatic carbocycles. The Morgan fingerprint density at radius 1 is 1.00 bits per heavy atom. The monoisotopic (exact) mass is 273 g/mol. The first-order chi connectivity index (χ1) is 9.74. The van der Waals surface area contributed by atoms with Gasteiger partial charge >= 0.3 is 0 Å². The molecule has 2 fully saturated rings. The van der Waals surface area contributed by atoms with Crippen LogP contribution in [0.2, 0.25) is 0 Å². The summed E-state index contributed by atoms with van der Waals surface area (Å²) in [6, 6.07) is 7.09. The zero-order chi connectivity index (χ0) is 13.9. The van der Waals surface area contributed by atoms with Crippen molar-refractivity contribution in [1.29, 1.82) is 0 Å². The van der Waals surface area contributed by atoms with Crippen LogP contribution < -0.4 is 10.6 Å². The quantitative estimate of drug-likeness (QED) is 0.841. The molecule has 2 heterocycles. The summed E-state index contributed by atoms with van der Waals surface area (Å²) < 4.78 is 0. The average Bonchev–Trinajstić information content (AvgIpc) is 2.51. The third-order valence-electron chi connectivity index (χ3n) is 4.95.